The first-order valence-corrected chi connectivity index (χ1v) is 4.79. The van der Waals surface area contributed by atoms with Gasteiger partial charge in [-0.15, -0.1) is 0 Å². The van der Waals surface area contributed by atoms with Gasteiger partial charge in [-0.2, -0.15) is 0 Å². The molecule has 1 aromatic rings. The van der Waals surface area contributed by atoms with Crippen molar-refractivity contribution < 1.29 is 14.3 Å². The fourth-order valence-corrected chi connectivity index (χ4v) is 1.59. The highest BCUT2D eigenvalue weighted by Gasteiger charge is 2.41. The Labute approximate surface area is 92.3 Å². The molecule has 0 spiro atoms. The summed E-state index contributed by atoms with van der Waals surface area (Å²) in [6.07, 6.45) is 0.881. The molecule has 3 nitrogen and oxygen atoms in total. The highest BCUT2D eigenvalue weighted by Crippen LogP contribution is 2.33. The van der Waals surface area contributed by atoms with E-state index in [1.54, 1.807) is 30.3 Å². The number of benzene rings is 1. The number of ether oxygens (including phenoxy) is 2. The van der Waals surface area contributed by atoms with E-state index in [0.717, 1.165) is 5.56 Å². The zero-order valence-electron chi connectivity index (χ0n) is 7.90. The van der Waals surface area contributed by atoms with Gasteiger partial charge in [0.25, 0.3) is 0 Å². The SMILES string of the molecule is C=CC1(c2ccc(Cl)cc2)COC(=O)O1. The lowest BCUT2D eigenvalue weighted by molar-refractivity contribution is 0.0888. The molecule has 0 radical (unpaired) electrons. The average Bonchev–Trinajstić information content (AvgIpc) is 2.62. The summed E-state index contributed by atoms with van der Waals surface area (Å²) >= 11 is 5.77. The Bertz CT molecular complexity index is 399. The summed E-state index contributed by atoms with van der Waals surface area (Å²) in [6.45, 7) is 3.81. The number of carbonyl (C=O) groups excluding carboxylic acids is 1. The molecular formula is C11H9ClO3. The Hall–Kier alpha value is -1.48. The number of carbonyl (C=O) groups is 1. The molecule has 1 aliphatic rings. The molecular weight excluding hydrogens is 216 g/mol. The molecule has 0 bridgehead atoms. The Kier molecular flexibility index (Phi) is 2.40. The number of halogens is 1. The summed E-state index contributed by atoms with van der Waals surface area (Å²) in [5, 5.41) is 0.628. The van der Waals surface area contributed by atoms with Crippen molar-refractivity contribution in [2.24, 2.45) is 0 Å². The third kappa shape index (κ3) is 1.70. The van der Waals surface area contributed by atoms with E-state index < -0.39 is 11.8 Å². The summed E-state index contributed by atoms with van der Waals surface area (Å²) in [4.78, 5) is 10.9. The lowest BCUT2D eigenvalue weighted by Crippen LogP contribution is -2.25. The first-order valence-electron chi connectivity index (χ1n) is 4.42. The summed E-state index contributed by atoms with van der Waals surface area (Å²) in [6, 6.07) is 7.03. The predicted molar refractivity (Wildman–Crippen MR) is 55.8 cm³/mol. The van der Waals surface area contributed by atoms with Crippen LogP contribution in [0.5, 0.6) is 0 Å². The van der Waals surface area contributed by atoms with E-state index >= 15 is 0 Å². The van der Waals surface area contributed by atoms with Crippen LogP contribution in [0.3, 0.4) is 0 Å². The van der Waals surface area contributed by atoms with E-state index in [4.69, 9.17) is 21.1 Å². The molecule has 0 aromatic heterocycles. The van der Waals surface area contributed by atoms with Crippen molar-refractivity contribution in [1.82, 2.24) is 0 Å². The molecule has 1 saturated heterocycles. The normalized spacial score (nSPS) is 24.5. The van der Waals surface area contributed by atoms with Crippen molar-refractivity contribution in [3.63, 3.8) is 0 Å². The molecule has 1 aliphatic heterocycles. The molecule has 0 aliphatic carbocycles. The average molecular weight is 225 g/mol. The molecule has 0 N–H and O–H groups in total. The minimum Gasteiger partial charge on any atom is -0.429 e. The van der Waals surface area contributed by atoms with Gasteiger partial charge in [-0.3, -0.25) is 0 Å². The minimum atomic E-state index is -0.873. The third-order valence-electron chi connectivity index (χ3n) is 2.33. The van der Waals surface area contributed by atoms with Crippen molar-refractivity contribution in [3.8, 4) is 0 Å². The van der Waals surface area contributed by atoms with Crippen molar-refractivity contribution in [3.05, 3.63) is 47.5 Å². The van der Waals surface area contributed by atoms with Gasteiger partial charge in [-0.25, -0.2) is 4.79 Å². The predicted octanol–water partition coefficient (Wildman–Crippen LogP) is 2.89. The molecule has 1 fully saturated rings. The fraction of sp³-hybridized carbons (Fsp3) is 0.182. The molecule has 78 valence electrons. The minimum absolute atomic E-state index is 0.150. The van der Waals surface area contributed by atoms with Gasteiger partial charge in [0.15, 0.2) is 5.60 Å². The van der Waals surface area contributed by atoms with E-state index in [1.807, 2.05) is 0 Å². The number of hydrogen-bond donors (Lipinski definition) is 0. The summed E-state index contributed by atoms with van der Waals surface area (Å²) < 4.78 is 9.88. The van der Waals surface area contributed by atoms with Crippen LogP contribution in [0.1, 0.15) is 5.56 Å². The molecule has 1 atom stereocenters. The quantitative estimate of drug-likeness (QED) is 0.572. The number of rotatable bonds is 2. The lowest BCUT2D eigenvalue weighted by atomic mass is 9.95. The molecule has 4 heteroatoms. The second-order valence-electron chi connectivity index (χ2n) is 3.24. The number of cyclic esters (lactones) is 2. The van der Waals surface area contributed by atoms with Crippen LogP contribution >= 0.6 is 11.6 Å². The van der Waals surface area contributed by atoms with Gasteiger partial charge in [-0.05, 0) is 18.2 Å². The second-order valence-corrected chi connectivity index (χ2v) is 3.68. The monoisotopic (exact) mass is 224 g/mol. The Morgan fingerprint density at radius 1 is 1.40 bits per heavy atom. The zero-order valence-corrected chi connectivity index (χ0v) is 8.66. The van der Waals surface area contributed by atoms with Gasteiger partial charge < -0.3 is 9.47 Å². The molecule has 1 aromatic carbocycles. The Morgan fingerprint density at radius 3 is 2.53 bits per heavy atom. The van der Waals surface area contributed by atoms with Crippen molar-refractivity contribution in [1.29, 1.82) is 0 Å². The van der Waals surface area contributed by atoms with Crippen LogP contribution in [0.15, 0.2) is 36.9 Å². The maximum atomic E-state index is 10.9. The standard InChI is InChI=1S/C11H9ClO3/c1-2-11(7-14-10(13)15-11)8-3-5-9(12)6-4-8/h2-6H,1,7H2. The van der Waals surface area contributed by atoms with Crippen molar-refractivity contribution in [2.45, 2.75) is 5.60 Å². The van der Waals surface area contributed by atoms with Gasteiger partial charge in [0.2, 0.25) is 0 Å². The number of hydrogen-bond acceptors (Lipinski definition) is 3. The van der Waals surface area contributed by atoms with E-state index in [1.165, 1.54) is 0 Å². The Morgan fingerprint density at radius 2 is 2.07 bits per heavy atom. The van der Waals surface area contributed by atoms with Crippen LogP contribution in [0, 0.1) is 0 Å². The first-order chi connectivity index (χ1) is 7.16. The summed E-state index contributed by atoms with van der Waals surface area (Å²) in [5.74, 6) is 0. The molecule has 15 heavy (non-hydrogen) atoms. The Balaban J connectivity index is 2.38. The summed E-state index contributed by atoms with van der Waals surface area (Å²) in [5.41, 5.74) is -0.0745. The van der Waals surface area contributed by atoms with E-state index in [-0.39, 0.29) is 6.61 Å². The molecule has 2 rings (SSSR count). The van der Waals surface area contributed by atoms with Crippen LogP contribution in [0.4, 0.5) is 4.79 Å². The van der Waals surface area contributed by atoms with Crippen LogP contribution in [-0.4, -0.2) is 12.8 Å². The van der Waals surface area contributed by atoms with Gasteiger partial charge >= 0.3 is 6.16 Å². The largest absolute Gasteiger partial charge is 0.509 e. The fourth-order valence-electron chi connectivity index (χ4n) is 1.47. The van der Waals surface area contributed by atoms with Gasteiger partial charge in [0.1, 0.15) is 6.61 Å². The van der Waals surface area contributed by atoms with Crippen molar-refractivity contribution >= 4 is 17.8 Å². The van der Waals surface area contributed by atoms with E-state index in [0.29, 0.717) is 5.02 Å². The van der Waals surface area contributed by atoms with Crippen LogP contribution in [-0.2, 0) is 15.1 Å². The molecule has 1 unspecified atom stereocenters. The molecule has 1 heterocycles. The van der Waals surface area contributed by atoms with Crippen LogP contribution in [0.2, 0.25) is 5.02 Å². The smallest absolute Gasteiger partial charge is 0.429 e. The van der Waals surface area contributed by atoms with Gasteiger partial charge in [-0.1, -0.05) is 30.3 Å². The molecule has 0 saturated carbocycles. The summed E-state index contributed by atoms with van der Waals surface area (Å²) in [7, 11) is 0. The lowest BCUT2D eigenvalue weighted by Gasteiger charge is -2.20. The van der Waals surface area contributed by atoms with Crippen molar-refractivity contribution in [2.75, 3.05) is 6.61 Å². The van der Waals surface area contributed by atoms with E-state index in [9.17, 15) is 4.79 Å². The highest BCUT2D eigenvalue weighted by molar-refractivity contribution is 6.30. The maximum Gasteiger partial charge on any atom is 0.509 e. The van der Waals surface area contributed by atoms with E-state index in [2.05, 4.69) is 6.58 Å². The van der Waals surface area contributed by atoms with Gasteiger partial charge in [0, 0.05) is 10.6 Å². The third-order valence-corrected chi connectivity index (χ3v) is 2.58. The molecule has 0 amide bonds. The van der Waals surface area contributed by atoms with Crippen LogP contribution in [0.25, 0.3) is 0 Å². The maximum absolute atomic E-state index is 10.9. The van der Waals surface area contributed by atoms with Gasteiger partial charge in [0.05, 0.1) is 0 Å². The zero-order chi connectivity index (χ0) is 10.9. The second kappa shape index (κ2) is 3.59. The van der Waals surface area contributed by atoms with Crippen LogP contribution < -0.4 is 0 Å². The first kappa shape index (κ1) is 10.1. The topological polar surface area (TPSA) is 35.5 Å². The highest BCUT2D eigenvalue weighted by atomic mass is 35.5.